The third-order valence-electron chi connectivity index (χ3n) is 5.88. The lowest BCUT2D eigenvalue weighted by Gasteiger charge is -2.48. The normalized spacial score (nSPS) is 25.3. The van der Waals surface area contributed by atoms with Crippen molar-refractivity contribution in [1.29, 1.82) is 0 Å². The molecule has 2 aliphatic heterocycles. The Morgan fingerprint density at radius 2 is 1.70 bits per heavy atom. The number of Topliss-reactive ketones (excluding diaryl/α,β-unsaturated/α-hetero) is 1. The number of fused-ring (bicyclic) bond motifs is 2. The molecule has 2 fully saturated rings. The van der Waals surface area contributed by atoms with Gasteiger partial charge >= 0.3 is 0 Å². The first-order valence-corrected chi connectivity index (χ1v) is 9.83. The van der Waals surface area contributed by atoms with Gasteiger partial charge in [0, 0.05) is 31.0 Å². The molecule has 0 spiro atoms. The first kappa shape index (κ1) is 18.3. The van der Waals surface area contributed by atoms with E-state index in [1.54, 1.807) is 6.07 Å². The molecule has 2 aromatic rings. The van der Waals surface area contributed by atoms with Gasteiger partial charge in [-0.05, 0) is 42.5 Å². The van der Waals surface area contributed by atoms with Crippen LogP contribution < -0.4 is 0 Å². The van der Waals surface area contributed by atoms with Crippen LogP contribution in [0.15, 0.2) is 54.6 Å². The van der Waals surface area contributed by atoms with Crippen LogP contribution in [0.25, 0.3) is 0 Å². The van der Waals surface area contributed by atoms with Gasteiger partial charge in [-0.2, -0.15) is 0 Å². The zero-order valence-electron chi connectivity index (χ0n) is 15.5. The van der Waals surface area contributed by atoms with Crippen LogP contribution in [0.4, 0.5) is 4.39 Å². The molecule has 0 saturated carbocycles. The van der Waals surface area contributed by atoms with Gasteiger partial charge in [-0.25, -0.2) is 4.39 Å². The average molecular weight is 367 g/mol. The van der Waals surface area contributed by atoms with Crippen LogP contribution >= 0.6 is 0 Å². The fourth-order valence-corrected chi connectivity index (χ4v) is 4.47. The molecule has 2 aromatic carbocycles. The van der Waals surface area contributed by atoms with Crippen LogP contribution in [0.2, 0.25) is 0 Å². The summed E-state index contributed by atoms with van der Waals surface area (Å²) in [5, 5.41) is 0. The number of ether oxygens (including phenoxy) is 1. The molecular formula is C23H26FNO2. The Morgan fingerprint density at radius 3 is 2.41 bits per heavy atom. The smallest absolute Gasteiger partial charge is 0.136 e. The maximum absolute atomic E-state index is 13.3. The van der Waals surface area contributed by atoms with Crippen molar-refractivity contribution in [2.75, 3.05) is 13.2 Å². The Morgan fingerprint density at radius 1 is 1.00 bits per heavy atom. The molecule has 2 bridgehead atoms. The van der Waals surface area contributed by atoms with Crippen molar-refractivity contribution < 1.29 is 13.9 Å². The summed E-state index contributed by atoms with van der Waals surface area (Å²) in [6.07, 6.45) is 2.84. The highest BCUT2D eigenvalue weighted by molar-refractivity contribution is 5.81. The Kier molecular flexibility index (Phi) is 5.65. The van der Waals surface area contributed by atoms with Gasteiger partial charge in [0.2, 0.25) is 0 Å². The lowest BCUT2D eigenvalue weighted by molar-refractivity contribution is -0.133. The van der Waals surface area contributed by atoms with E-state index in [1.807, 2.05) is 12.1 Å². The second-order valence-corrected chi connectivity index (χ2v) is 7.77. The van der Waals surface area contributed by atoms with E-state index in [0.717, 1.165) is 24.9 Å². The molecule has 0 radical (unpaired) electrons. The first-order valence-electron chi connectivity index (χ1n) is 9.83. The van der Waals surface area contributed by atoms with E-state index in [9.17, 15) is 9.18 Å². The van der Waals surface area contributed by atoms with E-state index in [0.29, 0.717) is 43.9 Å². The number of aryl methyl sites for hydroxylation is 1. The van der Waals surface area contributed by atoms with Crippen LogP contribution in [0.1, 0.15) is 30.4 Å². The molecule has 4 rings (SSSR count). The number of morpholine rings is 1. The van der Waals surface area contributed by atoms with Crippen LogP contribution in [0, 0.1) is 11.7 Å². The molecule has 0 aliphatic carbocycles. The summed E-state index contributed by atoms with van der Waals surface area (Å²) in [6, 6.07) is 17.7. The van der Waals surface area contributed by atoms with Crippen LogP contribution in [-0.4, -0.2) is 36.0 Å². The second kappa shape index (κ2) is 8.32. The predicted molar refractivity (Wildman–Crippen MR) is 103 cm³/mol. The largest absolute Gasteiger partial charge is 0.378 e. The number of rotatable bonds is 6. The molecule has 2 unspecified atom stereocenters. The monoisotopic (exact) mass is 367 g/mol. The van der Waals surface area contributed by atoms with Crippen molar-refractivity contribution in [3.63, 3.8) is 0 Å². The number of benzene rings is 2. The van der Waals surface area contributed by atoms with E-state index in [1.165, 1.54) is 17.7 Å². The number of carbonyl (C=O) groups excluding carboxylic acids is 1. The number of hydrogen-bond donors (Lipinski definition) is 0. The van der Waals surface area contributed by atoms with Crippen LogP contribution in [0.5, 0.6) is 0 Å². The lowest BCUT2D eigenvalue weighted by Crippen LogP contribution is -2.57. The summed E-state index contributed by atoms with van der Waals surface area (Å²) >= 11 is 0. The van der Waals surface area contributed by atoms with Crippen LogP contribution in [-0.2, 0) is 22.5 Å². The quantitative estimate of drug-likeness (QED) is 0.773. The Hall–Kier alpha value is -2.04. The summed E-state index contributed by atoms with van der Waals surface area (Å²) in [5.41, 5.74) is 2.21. The van der Waals surface area contributed by atoms with Gasteiger partial charge < -0.3 is 4.74 Å². The second-order valence-electron chi connectivity index (χ2n) is 7.77. The summed E-state index contributed by atoms with van der Waals surface area (Å²) < 4.78 is 19.1. The Balaban J connectivity index is 1.37. The first-order chi connectivity index (χ1) is 13.2. The average Bonchev–Trinajstić information content (AvgIpc) is 2.67. The van der Waals surface area contributed by atoms with Gasteiger partial charge in [-0.15, -0.1) is 0 Å². The molecule has 0 N–H and O–H groups in total. The van der Waals surface area contributed by atoms with Gasteiger partial charge in [-0.1, -0.05) is 42.5 Å². The molecule has 3 nitrogen and oxygen atoms in total. The predicted octanol–water partition coefficient (Wildman–Crippen LogP) is 4.01. The maximum Gasteiger partial charge on any atom is 0.136 e. The van der Waals surface area contributed by atoms with Crippen molar-refractivity contribution in [2.45, 2.75) is 44.3 Å². The van der Waals surface area contributed by atoms with E-state index >= 15 is 0 Å². The van der Waals surface area contributed by atoms with E-state index in [4.69, 9.17) is 4.74 Å². The SMILES string of the molecule is O=C(CCc1cccc(F)c1)C1CC2COCC(C1)N2Cc1ccccc1. The maximum atomic E-state index is 13.3. The van der Waals surface area contributed by atoms with Gasteiger partial charge in [0.25, 0.3) is 0 Å². The van der Waals surface area contributed by atoms with Crippen molar-refractivity contribution in [3.8, 4) is 0 Å². The minimum Gasteiger partial charge on any atom is -0.378 e. The number of nitrogens with zero attached hydrogens (tertiary/aromatic N) is 1. The zero-order valence-corrected chi connectivity index (χ0v) is 15.5. The minimum atomic E-state index is -0.235. The lowest BCUT2D eigenvalue weighted by atomic mass is 9.81. The molecule has 2 aliphatic rings. The number of hydrogen-bond acceptors (Lipinski definition) is 3. The van der Waals surface area contributed by atoms with E-state index in [2.05, 4.69) is 29.2 Å². The van der Waals surface area contributed by atoms with E-state index < -0.39 is 0 Å². The van der Waals surface area contributed by atoms with Gasteiger partial charge in [-0.3, -0.25) is 9.69 Å². The van der Waals surface area contributed by atoms with Crippen molar-refractivity contribution in [2.24, 2.45) is 5.92 Å². The number of carbonyl (C=O) groups is 1. The fourth-order valence-electron chi connectivity index (χ4n) is 4.47. The zero-order chi connectivity index (χ0) is 18.6. The molecule has 0 aromatic heterocycles. The summed E-state index contributed by atoms with van der Waals surface area (Å²) in [5.74, 6) is 0.181. The fraction of sp³-hybridized carbons (Fsp3) is 0.435. The number of halogens is 1. The standard InChI is InChI=1S/C23H26FNO2/c24-20-8-4-7-17(11-20)9-10-23(26)19-12-21-15-27-16-22(13-19)25(21)14-18-5-2-1-3-6-18/h1-8,11,19,21-22H,9-10,12-16H2. The summed E-state index contributed by atoms with van der Waals surface area (Å²) in [7, 11) is 0. The Labute approximate surface area is 160 Å². The number of ketones is 1. The molecule has 4 heteroatoms. The minimum absolute atomic E-state index is 0.101. The molecule has 2 saturated heterocycles. The highest BCUT2D eigenvalue weighted by atomic mass is 19.1. The molecule has 2 heterocycles. The molecule has 142 valence electrons. The molecule has 27 heavy (non-hydrogen) atoms. The van der Waals surface area contributed by atoms with Crippen molar-refractivity contribution in [3.05, 3.63) is 71.5 Å². The van der Waals surface area contributed by atoms with Gasteiger partial charge in [0.1, 0.15) is 11.6 Å². The molecular weight excluding hydrogens is 341 g/mol. The van der Waals surface area contributed by atoms with Crippen LogP contribution in [0.3, 0.4) is 0 Å². The Bertz CT molecular complexity index is 765. The summed E-state index contributed by atoms with van der Waals surface area (Å²) in [6.45, 7) is 2.33. The topological polar surface area (TPSA) is 29.5 Å². The highest BCUT2D eigenvalue weighted by Crippen LogP contribution is 2.34. The molecule has 0 amide bonds. The number of piperidine rings is 1. The van der Waals surface area contributed by atoms with E-state index in [-0.39, 0.29) is 11.7 Å². The summed E-state index contributed by atoms with van der Waals surface area (Å²) in [4.78, 5) is 15.3. The third kappa shape index (κ3) is 4.45. The van der Waals surface area contributed by atoms with Crippen molar-refractivity contribution >= 4 is 5.78 Å². The third-order valence-corrected chi connectivity index (χ3v) is 5.88. The molecule has 2 atom stereocenters. The van der Waals surface area contributed by atoms with Crippen molar-refractivity contribution in [1.82, 2.24) is 4.90 Å². The van der Waals surface area contributed by atoms with Gasteiger partial charge in [0.05, 0.1) is 13.2 Å². The highest BCUT2D eigenvalue weighted by Gasteiger charge is 2.40. The van der Waals surface area contributed by atoms with Gasteiger partial charge in [0.15, 0.2) is 0 Å².